The number of pyridine rings is 1. The highest BCUT2D eigenvalue weighted by Gasteiger charge is 2.46. The number of aliphatic hydroxyl groups is 2. The lowest BCUT2D eigenvalue weighted by Gasteiger charge is -2.19. The van der Waals surface area contributed by atoms with Crippen LogP contribution >= 0.6 is 26.8 Å². The van der Waals surface area contributed by atoms with E-state index >= 15 is 0 Å². The molecule has 0 radical (unpaired) electrons. The monoisotopic (exact) mass is 612 g/mol. The number of benzene rings is 1. The number of rotatable bonds is 9. The van der Waals surface area contributed by atoms with Gasteiger partial charge in [-0.25, -0.2) is 9.97 Å². The number of nitrogens with one attached hydrogen (secondary N) is 1. The van der Waals surface area contributed by atoms with Crippen molar-refractivity contribution in [3.8, 4) is 12.1 Å². The molecule has 4 rings (SSSR count). The maximum Gasteiger partial charge on any atom is 0.340 e. The molecule has 6 N–H and O–H groups in total. The van der Waals surface area contributed by atoms with Gasteiger partial charge in [0.15, 0.2) is 22.9 Å². The van der Waals surface area contributed by atoms with Crippen molar-refractivity contribution in [2.45, 2.75) is 37.5 Å². The SMILES string of the molecule is C[C@@H](Nc1c(C#N)c(Cl)nc2c1ncn2[C@@H]1O[C@H](COP(=O)(O)CP(=O)(O)O)[C@@H](O)[C@H]1O)c1ccc(C#N)cc1. The van der Waals surface area contributed by atoms with Gasteiger partial charge in [-0.15, -0.1) is 0 Å². The molecule has 1 aliphatic rings. The van der Waals surface area contributed by atoms with Gasteiger partial charge in [-0.1, -0.05) is 23.7 Å². The molecule has 0 aliphatic carbocycles. The number of aromatic nitrogens is 3. The minimum Gasteiger partial charge on any atom is -0.387 e. The van der Waals surface area contributed by atoms with Gasteiger partial charge >= 0.3 is 15.2 Å². The first-order chi connectivity index (χ1) is 18.7. The average molecular weight is 613 g/mol. The topological polar surface area (TPSA) is 244 Å². The normalized spacial score (nSPS) is 23.3. The lowest BCUT2D eigenvalue weighted by atomic mass is 10.1. The fourth-order valence-corrected chi connectivity index (χ4v) is 6.93. The predicted molar refractivity (Wildman–Crippen MR) is 139 cm³/mol. The van der Waals surface area contributed by atoms with Gasteiger partial charge in [0, 0.05) is 6.04 Å². The van der Waals surface area contributed by atoms with Gasteiger partial charge < -0.3 is 39.5 Å². The van der Waals surface area contributed by atoms with E-state index in [4.69, 9.17) is 35.9 Å². The van der Waals surface area contributed by atoms with Crippen LogP contribution in [0.3, 0.4) is 0 Å². The number of nitrogens with zero attached hydrogens (tertiary/aromatic N) is 5. The predicted octanol–water partition coefficient (Wildman–Crippen LogP) is 1.96. The van der Waals surface area contributed by atoms with E-state index in [0.717, 1.165) is 5.56 Å². The molecule has 18 heteroatoms. The highest BCUT2D eigenvalue weighted by atomic mass is 35.5. The molecule has 0 amide bonds. The Kier molecular flexibility index (Phi) is 8.66. The van der Waals surface area contributed by atoms with Crippen LogP contribution < -0.4 is 5.32 Å². The standard InChI is InChI=1S/C22H23ClN6O9P2/c1-11(13-4-2-12(6-24)3-5-13)27-16-14(7-25)20(23)28-21-17(16)26-9-29(21)22-19(31)18(30)15(38-22)8-37-40(35,36)10-39(32,33)34/h2-5,9,11,15,18-19,22,30-31H,8,10H2,1H3,(H,27,28)(H,35,36)(H2,32,33,34)/t11-,15-,18-,19-,22-/m1/s1. The fourth-order valence-electron chi connectivity index (χ4n) is 4.15. The number of nitriles is 2. The summed E-state index contributed by atoms with van der Waals surface area (Å²) in [5.74, 6) is -1.43. The molecule has 3 aromatic rings. The van der Waals surface area contributed by atoms with Crippen molar-refractivity contribution in [3.63, 3.8) is 0 Å². The summed E-state index contributed by atoms with van der Waals surface area (Å²) in [4.78, 5) is 36.1. The molecule has 0 spiro atoms. The number of imidazole rings is 1. The van der Waals surface area contributed by atoms with Crippen molar-refractivity contribution in [2.24, 2.45) is 0 Å². The van der Waals surface area contributed by atoms with Crippen LogP contribution in [0.4, 0.5) is 5.69 Å². The third kappa shape index (κ3) is 6.36. The summed E-state index contributed by atoms with van der Waals surface area (Å²) in [7, 11) is -9.61. The molecule has 1 aromatic carbocycles. The maximum absolute atomic E-state index is 12.0. The molecule has 15 nitrogen and oxygen atoms in total. The van der Waals surface area contributed by atoms with Crippen LogP contribution in [0.5, 0.6) is 0 Å². The Balaban J connectivity index is 1.62. The van der Waals surface area contributed by atoms with E-state index in [1.54, 1.807) is 24.3 Å². The van der Waals surface area contributed by atoms with Crippen LogP contribution in [0, 0.1) is 22.7 Å². The molecule has 1 unspecified atom stereocenters. The van der Waals surface area contributed by atoms with Crippen LogP contribution in [0.2, 0.25) is 5.15 Å². The third-order valence-electron chi connectivity index (χ3n) is 6.09. The number of halogens is 1. The van der Waals surface area contributed by atoms with E-state index < -0.39 is 52.2 Å². The van der Waals surface area contributed by atoms with E-state index in [2.05, 4.69) is 15.3 Å². The molecule has 1 aliphatic heterocycles. The first kappa shape index (κ1) is 30.1. The Morgan fingerprint density at radius 3 is 2.45 bits per heavy atom. The average Bonchev–Trinajstić information content (AvgIpc) is 3.41. The number of anilines is 1. The second kappa shape index (κ2) is 11.5. The molecule has 40 heavy (non-hydrogen) atoms. The Morgan fingerprint density at radius 1 is 1.18 bits per heavy atom. The van der Waals surface area contributed by atoms with Gasteiger partial charge in [-0.2, -0.15) is 10.5 Å². The first-order valence-electron chi connectivity index (χ1n) is 11.5. The van der Waals surface area contributed by atoms with Crippen molar-refractivity contribution in [1.82, 2.24) is 14.5 Å². The second-order valence-corrected chi connectivity index (χ2v) is 13.3. The molecule has 3 heterocycles. The smallest absolute Gasteiger partial charge is 0.340 e. The second-order valence-electron chi connectivity index (χ2n) is 8.97. The number of hydrogen-bond acceptors (Lipinski definition) is 11. The van der Waals surface area contributed by atoms with Crippen molar-refractivity contribution in [1.29, 1.82) is 10.5 Å². The van der Waals surface area contributed by atoms with Gasteiger partial charge in [0.05, 0.1) is 30.3 Å². The minimum absolute atomic E-state index is 0.00265. The zero-order valence-corrected chi connectivity index (χ0v) is 23.1. The van der Waals surface area contributed by atoms with Crippen LogP contribution in [0.15, 0.2) is 30.6 Å². The summed E-state index contributed by atoms with van der Waals surface area (Å²) in [6, 6.07) is 10.4. The van der Waals surface area contributed by atoms with Crippen molar-refractivity contribution >= 4 is 43.6 Å². The Hall–Kier alpha value is -2.91. The van der Waals surface area contributed by atoms with Gasteiger partial charge in [0.1, 0.15) is 35.5 Å². The Morgan fingerprint density at radius 2 is 1.85 bits per heavy atom. The van der Waals surface area contributed by atoms with Crippen molar-refractivity contribution in [2.75, 3.05) is 17.8 Å². The van der Waals surface area contributed by atoms with Crippen LogP contribution in [0.25, 0.3) is 11.2 Å². The van der Waals surface area contributed by atoms with Gasteiger partial charge in [-0.05, 0) is 24.6 Å². The summed E-state index contributed by atoms with van der Waals surface area (Å²) in [5.41, 5.74) is 1.77. The largest absolute Gasteiger partial charge is 0.387 e. The van der Waals surface area contributed by atoms with Crippen molar-refractivity contribution in [3.05, 3.63) is 52.4 Å². The lowest BCUT2D eigenvalue weighted by Crippen LogP contribution is -2.33. The summed E-state index contributed by atoms with van der Waals surface area (Å²) < 4.78 is 34.7. The van der Waals surface area contributed by atoms with E-state index in [-0.39, 0.29) is 33.6 Å². The Bertz CT molecular complexity index is 1600. The molecule has 1 fully saturated rings. The van der Waals surface area contributed by atoms with E-state index in [1.807, 2.05) is 19.1 Å². The zero-order valence-electron chi connectivity index (χ0n) is 20.6. The summed E-state index contributed by atoms with van der Waals surface area (Å²) >= 11 is 6.31. The van der Waals surface area contributed by atoms with Crippen LogP contribution in [-0.2, 0) is 18.4 Å². The number of aliphatic hydroxyl groups excluding tert-OH is 2. The third-order valence-corrected chi connectivity index (χ3v) is 9.82. The molecule has 212 valence electrons. The van der Waals surface area contributed by atoms with E-state index in [0.29, 0.717) is 5.56 Å². The number of hydrogen-bond donors (Lipinski definition) is 6. The highest BCUT2D eigenvalue weighted by Crippen LogP contribution is 2.55. The van der Waals surface area contributed by atoms with Gasteiger partial charge in [0.2, 0.25) is 0 Å². The summed E-state index contributed by atoms with van der Waals surface area (Å²) in [6.07, 6.45) is -4.68. The van der Waals surface area contributed by atoms with Gasteiger partial charge in [-0.3, -0.25) is 13.7 Å². The molecule has 1 saturated heterocycles. The quantitative estimate of drug-likeness (QED) is 0.149. The Labute approximate surface area is 231 Å². The van der Waals surface area contributed by atoms with Crippen molar-refractivity contribution < 1.29 is 43.3 Å². The number of ether oxygens (including phenoxy) is 1. The molecule has 2 aromatic heterocycles. The van der Waals surface area contributed by atoms with Gasteiger partial charge in [0.25, 0.3) is 0 Å². The molecule has 0 saturated carbocycles. The molecular formula is C22H23ClN6O9P2. The maximum atomic E-state index is 12.0. The summed E-state index contributed by atoms with van der Waals surface area (Å²) in [6.45, 7) is 1.05. The fraction of sp³-hybridized carbons (Fsp3) is 0.364. The van der Waals surface area contributed by atoms with Crippen LogP contribution in [0.1, 0.15) is 35.9 Å². The number of fused-ring (bicyclic) bond motifs is 1. The molecule has 0 bridgehead atoms. The first-order valence-corrected chi connectivity index (χ1v) is 15.4. The van der Waals surface area contributed by atoms with E-state index in [1.165, 1.54) is 10.9 Å². The lowest BCUT2D eigenvalue weighted by molar-refractivity contribution is -0.0483. The molecule has 6 atom stereocenters. The van der Waals surface area contributed by atoms with Crippen LogP contribution in [-0.4, -0.2) is 70.3 Å². The molecular weight excluding hydrogens is 590 g/mol. The van der Waals surface area contributed by atoms with E-state index in [9.17, 15) is 29.5 Å². The minimum atomic E-state index is -4.87. The summed E-state index contributed by atoms with van der Waals surface area (Å²) in [5, 5.41) is 42.9. The highest BCUT2D eigenvalue weighted by molar-refractivity contribution is 7.70. The zero-order chi connectivity index (χ0) is 29.4.